The van der Waals surface area contributed by atoms with Gasteiger partial charge in [0.05, 0.1) is 23.5 Å². The second kappa shape index (κ2) is 5.89. The Hall–Kier alpha value is -1.20. The lowest BCUT2D eigenvalue weighted by Gasteiger charge is -2.32. The van der Waals surface area contributed by atoms with Crippen LogP contribution in [-0.2, 0) is 9.31 Å². The summed E-state index contributed by atoms with van der Waals surface area (Å²) in [6, 6.07) is 5.73. The van der Waals surface area contributed by atoms with Crippen molar-refractivity contribution in [1.82, 2.24) is 0 Å². The van der Waals surface area contributed by atoms with Crippen molar-refractivity contribution in [2.45, 2.75) is 58.7 Å². The zero-order chi connectivity index (χ0) is 15.7. The molecule has 0 saturated carbocycles. The molecule has 5 heteroatoms. The van der Waals surface area contributed by atoms with Crippen LogP contribution in [0.4, 0.5) is 5.69 Å². The van der Waals surface area contributed by atoms with E-state index in [1.807, 2.05) is 45.9 Å². The predicted octanol–water partition coefficient (Wildman–Crippen LogP) is 2.75. The second-order valence-electron chi connectivity index (χ2n) is 6.59. The first-order valence-electron chi connectivity index (χ1n) is 7.64. The number of unbranched alkanes of at least 4 members (excludes halogenated alkanes) is 1. The van der Waals surface area contributed by atoms with Gasteiger partial charge in [-0.15, -0.1) is 0 Å². The van der Waals surface area contributed by atoms with Gasteiger partial charge in [-0.3, -0.25) is 0 Å². The highest BCUT2D eigenvalue weighted by atomic mass is 16.7. The summed E-state index contributed by atoms with van der Waals surface area (Å²) < 4.78 is 17.7. The van der Waals surface area contributed by atoms with E-state index in [2.05, 4.69) is 6.92 Å². The molecule has 0 atom stereocenters. The molecule has 0 bridgehead atoms. The Morgan fingerprint density at radius 1 is 1.14 bits per heavy atom. The van der Waals surface area contributed by atoms with Crippen LogP contribution in [0.5, 0.6) is 5.75 Å². The molecule has 1 aromatic carbocycles. The monoisotopic (exact) mass is 291 g/mol. The van der Waals surface area contributed by atoms with Crippen molar-refractivity contribution in [2.24, 2.45) is 0 Å². The molecule has 0 amide bonds. The third-order valence-corrected chi connectivity index (χ3v) is 4.31. The van der Waals surface area contributed by atoms with E-state index in [1.54, 1.807) is 0 Å². The Morgan fingerprint density at radius 3 is 2.29 bits per heavy atom. The first kappa shape index (κ1) is 16.2. The Kier molecular flexibility index (Phi) is 4.54. The number of rotatable bonds is 5. The highest BCUT2D eigenvalue weighted by Crippen LogP contribution is 2.36. The number of hydrogen-bond donors (Lipinski definition) is 1. The fourth-order valence-corrected chi connectivity index (χ4v) is 2.15. The maximum absolute atomic E-state index is 6.07. The van der Waals surface area contributed by atoms with Crippen molar-refractivity contribution < 1.29 is 14.0 Å². The van der Waals surface area contributed by atoms with Gasteiger partial charge in [0.25, 0.3) is 0 Å². The van der Waals surface area contributed by atoms with Crippen molar-refractivity contribution in [2.75, 3.05) is 12.3 Å². The molecule has 0 radical (unpaired) electrons. The van der Waals surface area contributed by atoms with Crippen molar-refractivity contribution in [1.29, 1.82) is 0 Å². The number of nitrogens with two attached hydrogens (primary N) is 1. The molecular formula is C16H26BNO3. The highest BCUT2D eigenvalue weighted by molar-refractivity contribution is 6.62. The lowest BCUT2D eigenvalue weighted by atomic mass is 9.79. The molecule has 1 saturated heterocycles. The minimum Gasteiger partial charge on any atom is -0.491 e. The van der Waals surface area contributed by atoms with E-state index in [0.29, 0.717) is 12.3 Å². The summed E-state index contributed by atoms with van der Waals surface area (Å²) in [4.78, 5) is 0. The summed E-state index contributed by atoms with van der Waals surface area (Å²) in [5, 5.41) is 0. The van der Waals surface area contributed by atoms with E-state index in [0.717, 1.165) is 24.1 Å². The molecular weight excluding hydrogens is 265 g/mol. The molecule has 1 heterocycles. The van der Waals surface area contributed by atoms with Crippen LogP contribution in [0.2, 0.25) is 0 Å². The molecule has 0 unspecified atom stereocenters. The van der Waals surface area contributed by atoms with E-state index in [1.165, 1.54) is 0 Å². The van der Waals surface area contributed by atoms with E-state index >= 15 is 0 Å². The van der Waals surface area contributed by atoms with Gasteiger partial charge in [-0.05, 0) is 51.7 Å². The highest BCUT2D eigenvalue weighted by Gasteiger charge is 2.51. The maximum atomic E-state index is 6.07. The van der Waals surface area contributed by atoms with E-state index in [4.69, 9.17) is 19.8 Å². The maximum Gasteiger partial charge on any atom is 0.494 e. The van der Waals surface area contributed by atoms with Crippen molar-refractivity contribution in [3.8, 4) is 5.75 Å². The molecule has 21 heavy (non-hydrogen) atoms. The number of hydrogen-bond acceptors (Lipinski definition) is 4. The molecule has 1 aromatic rings. The molecule has 2 N–H and O–H groups in total. The summed E-state index contributed by atoms with van der Waals surface area (Å²) >= 11 is 0. The topological polar surface area (TPSA) is 53.7 Å². The first-order valence-corrected chi connectivity index (χ1v) is 7.64. The zero-order valence-electron chi connectivity index (χ0n) is 13.7. The van der Waals surface area contributed by atoms with Crippen LogP contribution >= 0.6 is 0 Å². The normalized spacial score (nSPS) is 19.8. The second-order valence-corrected chi connectivity index (χ2v) is 6.59. The van der Waals surface area contributed by atoms with Crippen LogP contribution in [0, 0.1) is 0 Å². The number of anilines is 1. The van der Waals surface area contributed by atoms with Crippen LogP contribution in [-0.4, -0.2) is 24.9 Å². The summed E-state index contributed by atoms with van der Waals surface area (Å²) in [6.45, 7) is 11.0. The molecule has 1 aliphatic rings. The minimum absolute atomic E-state index is 0.345. The molecule has 1 fully saturated rings. The van der Waals surface area contributed by atoms with Gasteiger partial charge in [0.1, 0.15) is 5.75 Å². The summed E-state index contributed by atoms with van der Waals surface area (Å²) in [6.07, 6.45) is 2.13. The van der Waals surface area contributed by atoms with Crippen LogP contribution < -0.4 is 15.9 Å². The molecule has 0 aliphatic carbocycles. The number of ether oxygens (including phenoxy) is 1. The van der Waals surface area contributed by atoms with Gasteiger partial charge in [-0.1, -0.05) is 19.4 Å². The summed E-state index contributed by atoms with van der Waals surface area (Å²) in [5.41, 5.74) is 6.93. The van der Waals surface area contributed by atoms with Gasteiger partial charge in [0.2, 0.25) is 0 Å². The third-order valence-electron chi connectivity index (χ3n) is 4.31. The lowest BCUT2D eigenvalue weighted by molar-refractivity contribution is 0.00578. The van der Waals surface area contributed by atoms with Crippen LogP contribution in [0.15, 0.2) is 18.2 Å². The minimum atomic E-state index is -0.387. The summed E-state index contributed by atoms with van der Waals surface area (Å²) in [5.74, 6) is 0.726. The molecule has 0 aromatic heterocycles. The van der Waals surface area contributed by atoms with Gasteiger partial charge in [-0.2, -0.15) is 0 Å². The largest absolute Gasteiger partial charge is 0.494 e. The fourth-order valence-electron chi connectivity index (χ4n) is 2.15. The van der Waals surface area contributed by atoms with E-state index in [-0.39, 0.29) is 18.3 Å². The smallest absolute Gasteiger partial charge is 0.491 e. The molecule has 4 nitrogen and oxygen atoms in total. The standard InChI is InChI=1S/C16H26BNO3/c1-6-7-10-19-14-9-8-12(11-13(14)18)17-20-15(2,3)16(4,5)21-17/h8-9,11H,6-7,10,18H2,1-5H3. The Morgan fingerprint density at radius 2 is 1.76 bits per heavy atom. The third kappa shape index (κ3) is 3.35. The average Bonchev–Trinajstić information content (AvgIpc) is 2.60. The SMILES string of the molecule is CCCCOc1ccc(B2OC(C)(C)C(C)(C)O2)cc1N. The molecule has 116 valence electrons. The fraction of sp³-hybridized carbons (Fsp3) is 0.625. The average molecular weight is 291 g/mol. The quantitative estimate of drug-likeness (QED) is 0.515. The predicted molar refractivity (Wildman–Crippen MR) is 87.0 cm³/mol. The Balaban J connectivity index is 2.11. The van der Waals surface area contributed by atoms with E-state index < -0.39 is 0 Å². The van der Waals surface area contributed by atoms with E-state index in [9.17, 15) is 0 Å². The molecule has 2 rings (SSSR count). The number of benzene rings is 1. The van der Waals surface area contributed by atoms with Gasteiger partial charge in [-0.25, -0.2) is 0 Å². The summed E-state index contributed by atoms with van der Waals surface area (Å²) in [7, 11) is -0.387. The van der Waals surface area contributed by atoms with Crippen LogP contribution in [0.1, 0.15) is 47.5 Å². The van der Waals surface area contributed by atoms with Crippen molar-refractivity contribution >= 4 is 18.3 Å². The van der Waals surface area contributed by atoms with Crippen molar-refractivity contribution in [3.63, 3.8) is 0 Å². The Labute approximate surface area is 128 Å². The molecule has 1 aliphatic heterocycles. The first-order chi connectivity index (χ1) is 9.77. The van der Waals surface area contributed by atoms with Crippen LogP contribution in [0.3, 0.4) is 0 Å². The van der Waals surface area contributed by atoms with Gasteiger partial charge < -0.3 is 19.8 Å². The van der Waals surface area contributed by atoms with Gasteiger partial charge >= 0.3 is 7.12 Å². The van der Waals surface area contributed by atoms with Gasteiger partial charge in [0, 0.05) is 0 Å². The van der Waals surface area contributed by atoms with Crippen LogP contribution in [0.25, 0.3) is 0 Å². The Bertz CT molecular complexity index is 486. The zero-order valence-corrected chi connectivity index (χ0v) is 13.7. The van der Waals surface area contributed by atoms with Gasteiger partial charge in [0.15, 0.2) is 0 Å². The molecule has 0 spiro atoms. The number of nitrogen functional groups attached to an aromatic ring is 1. The van der Waals surface area contributed by atoms with Crippen molar-refractivity contribution in [3.05, 3.63) is 18.2 Å². The lowest BCUT2D eigenvalue weighted by Crippen LogP contribution is -2.41.